The Morgan fingerprint density at radius 2 is 1.93 bits per heavy atom. The quantitative estimate of drug-likeness (QED) is 0.421. The fraction of sp³-hybridized carbons (Fsp3) is 0.615. The summed E-state index contributed by atoms with van der Waals surface area (Å²) in [6.07, 6.45) is 0.0356. The second kappa shape index (κ2) is 10.2. The second-order valence-electron chi connectivity index (χ2n) is 10.7. The molecule has 212 valence electrons. The summed E-state index contributed by atoms with van der Waals surface area (Å²) in [4.78, 5) is 44.3. The van der Waals surface area contributed by atoms with Gasteiger partial charge in [0.15, 0.2) is 18.0 Å². The lowest BCUT2D eigenvalue weighted by molar-refractivity contribution is -0.166. The normalized spacial score (nSPS) is 34.1. The molecule has 0 saturated carbocycles. The van der Waals surface area contributed by atoms with E-state index < -0.39 is 48.6 Å². The van der Waals surface area contributed by atoms with Crippen LogP contribution >= 0.6 is 0 Å². The molecule has 0 aliphatic carbocycles. The molecule has 4 saturated heterocycles. The number of carbonyl (C=O) groups is 3. The molecule has 40 heavy (non-hydrogen) atoms. The number of rotatable bonds is 4. The highest BCUT2D eigenvalue weighted by Crippen LogP contribution is 2.44. The highest BCUT2D eigenvalue weighted by atomic mass is 16.7. The number of hydrogen-bond acceptors (Lipinski definition) is 13. The van der Waals surface area contributed by atoms with Gasteiger partial charge in [-0.25, -0.2) is 14.3 Å². The molecule has 4 aliphatic heterocycles. The van der Waals surface area contributed by atoms with Crippen molar-refractivity contribution in [3.05, 3.63) is 24.2 Å². The van der Waals surface area contributed by atoms with Gasteiger partial charge in [-0.2, -0.15) is 10.4 Å². The van der Waals surface area contributed by atoms with Crippen LogP contribution in [0.25, 0.3) is 5.52 Å². The lowest BCUT2D eigenvalue weighted by Gasteiger charge is -2.35. The zero-order valence-electron chi connectivity index (χ0n) is 21.9. The lowest BCUT2D eigenvalue weighted by Crippen LogP contribution is -2.46. The molecule has 0 amide bonds. The minimum absolute atomic E-state index is 0.0240. The number of piperidine rings is 1. The minimum atomic E-state index is -1.97. The molecular formula is C26H30N6O8. The van der Waals surface area contributed by atoms with Gasteiger partial charge in [0.2, 0.25) is 5.60 Å². The monoisotopic (exact) mass is 554 g/mol. The Labute approximate surface area is 229 Å². The summed E-state index contributed by atoms with van der Waals surface area (Å²) >= 11 is 0. The minimum Gasteiger partial charge on any atom is -0.455 e. The fourth-order valence-electron chi connectivity index (χ4n) is 6.37. The summed E-state index contributed by atoms with van der Waals surface area (Å²) in [5.41, 5.74) is 4.59. The largest absolute Gasteiger partial charge is 0.508 e. The first-order valence-corrected chi connectivity index (χ1v) is 13.4. The van der Waals surface area contributed by atoms with Crippen molar-refractivity contribution in [3.8, 4) is 6.07 Å². The maximum absolute atomic E-state index is 12.7. The summed E-state index contributed by atoms with van der Waals surface area (Å²) in [7, 11) is 2.09. The van der Waals surface area contributed by atoms with Crippen molar-refractivity contribution in [2.24, 2.45) is 0 Å². The molecule has 2 aromatic heterocycles. The Balaban J connectivity index is 1.27. The molecule has 4 aliphatic rings. The van der Waals surface area contributed by atoms with Crippen molar-refractivity contribution in [2.45, 2.75) is 87.0 Å². The van der Waals surface area contributed by atoms with Crippen LogP contribution in [0.2, 0.25) is 0 Å². The van der Waals surface area contributed by atoms with Crippen LogP contribution in [0.3, 0.4) is 0 Å². The van der Waals surface area contributed by atoms with Crippen molar-refractivity contribution >= 4 is 29.4 Å². The van der Waals surface area contributed by atoms with E-state index in [0.29, 0.717) is 17.6 Å². The van der Waals surface area contributed by atoms with E-state index in [1.165, 1.54) is 10.8 Å². The van der Waals surface area contributed by atoms with Gasteiger partial charge in [0.05, 0.1) is 5.69 Å². The Bertz CT molecular complexity index is 1360. The summed E-state index contributed by atoms with van der Waals surface area (Å²) in [6, 6.07) is 6.00. The van der Waals surface area contributed by atoms with Crippen LogP contribution in [0.1, 0.15) is 50.6 Å². The number of nitrogen functional groups attached to an aromatic ring is 1. The Morgan fingerprint density at radius 1 is 1.20 bits per heavy atom. The van der Waals surface area contributed by atoms with Gasteiger partial charge >= 0.3 is 18.1 Å². The zero-order valence-corrected chi connectivity index (χ0v) is 21.9. The topological polar surface area (TPSA) is 181 Å². The number of aromatic nitrogens is 3. The molecule has 14 nitrogen and oxygen atoms in total. The van der Waals surface area contributed by atoms with Gasteiger partial charge in [0.1, 0.15) is 36.7 Å². The third kappa shape index (κ3) is 4.48. The smallest absolute Gasteiger partial charge is 0.455 e. The van der Waals surface area contributed by atoms with Gasteiger partial charge in [-0.15, -0.1) is 0 Å². The molecule has 0 spiro atoms. The third-order valence-electron chi connectivity index (χ3n) is 8.40. The summed E-state index contributed by atoms with van der Waals surface area (Å²) < 4.78 is 30.0. The summed E-state index contributed by atoms with van der Waals surface area (Å²) in [5, 5.41) is 14.7. The molecule has 2 aromatic rings. The van der Waals surface area contributed by atoms with Crippen LogP contribution in [-0.4, -0.2) is 87.7 Å². The van der Waals surface area contributed by atoms with E-state index >= 15 is 0 Å². The number of hydrogen-bond donors (Lipinski definition) is 1. The molecule has 4 fully saturated rings. The predicted octanol–water partition coefficient (Wildman–Crippen LogP) is 1.22. The van der Waals surface area contributed by atoms with Crippen molar-refractivity contribution in [1.82, 2.24) is 19.5 Å². The standard InChI is InChI=1S/C26H30N6O8/c1-31-14-5-6-15(31)10-16(9-14)37-25(35)36-11-18-22-23(39-21(34)4-2-3-20(33)38-22)26(12-27,40-18)19-8-7-17-24(28)29-13-30-32(17)19/h7-8,13-16,18,22-23H,2-6,9-11H2,1H3,(H2,28,29,30)/t14-,15+,16?,18-,22-,23-,26+/m1/s1. The number of nitrogens with two attached hydrogens (primary N) is 1. The van der Waals surface area contributed by atoms with E-state index in [0.717, 1.165) is 25.7 Å². The van der Waals surface area contributed by atoms with E-state index in [1.54, 1.807) is 12.1 Å². The first-order valence-electron chi connectivity index (χ1n) is 13.4. The molecule has 0 aromatic carbocycles. The number of ether oxygens (including phenoxy) is 5. The zero-order chi connectivity index (χ0) is 28.0. The fourth-order valence-corrected chi connectivity index (χ4v) is 6.37. The highest BCUT2D eigenvalue weighted by molar-refractivity contribution is 5.74. The number of fused-ring (bicyclic) bond motifs is 4. The van der Waals surface area contributed by atoms with Gasteiger partial charge in [-0.05, 0) is 38.4 Å². The first kappa shape index (κ1) is 26.3. The van der Waals surface area contributed by atoms with Gasteiger partial charge in [-0.1, -0.05) is 0 Å². The van der Waals surface area contributed by atoms with E-state index in [4.69, 9.17) is 29.4 Å². The number of nitrogens with zero attached hydrogens (tertiary/aromatic N) is 5. The van der Waals surface area contributed by atoms with Crippen molar-refractivity contribution in [3.63, 3.8) is 0 Å². The van der Waals surface area contributed by atoms with Crippen LogP contribution < -0.4 is 5.73 Å². The van der Waals surface area contributed by atoms with Crippen LogP contribution in [0.4, 0.5) is 10.6 Å². The Hall–Kier alpha value is -3.96. The number of carbonyl (C=O) groups excluding carboxylic acids is 3. The van der Waals surface area contributed by atoms with Crippen molar-refractivity contribution in [2.75, 3.05) is 19.4 Å². The van der Waals surface area contributed by atoms with Crippen molar-refractivity contribution in [1.29, 1.82) is 5.26 Å². The van der Waals surface area contributed by atoms with E-state index in [9.17, 15) is 19.6 Å². The van der Waals surface area contributed by atoms with E-state index in [-0.39, 0.29) is 36.9 Å². The Morgan fingerprint density at radius 3 is 2.65 bits per heavy atom. The Kier molecular flexibility index (Phi) is 6.71. The molecule has 6 rings (SSSR count). The maximum Gasteiger partial charge on any atom is 0.508 e. The van der Waals surface area contributed by atoms with Crippen LogP contribution in [-0.2, 0) is 38.9 Å². The van der Waals surface area contributed by atoms with Crippen LogP contribution in [0.15, 0.2) is 18.5 Å². The number of nitriles is 1. The first-order chi connectivity index (χ1) is 19.3. The van der Waals surface area contributed by atoms with Crippen LogP contribution in [0.5, 0.6) is 0 Å². The molecule has 6 heterocycles. The van der Waals surface area contributed by atoms with Crippen molar-refractivity contribution < 1.29 is 38.1 Å². The van der Waals surface area contributed by atoms with E-state index in [1.807, 2.05) is 0 Å². The highest BCUT2D eigenvalue weighted by Gasteiger charge is 2.63. The van der Waals surface area contributed by atoms with Gasteiger partial charge in [-0.3, -0.25) is 9.59 Å². The number of esters is 2. The van der Waals surface area contributed by atoms with Gasteiger partial charge in [0.25, 0.3) is 0 Å². The average Bonchev–Trinajstić information content (AvgIpc) is 3.55. The molecule has 2 bridgehead atoms. The summed E-state index contributed by atoms with van der Waals surface area (Å²) in [5.74, 6) is -1.05. The predicted molar refractivity (Wildman–Crippen MR) is 133 cm³/mol. The second-order valence-corrected chi connectivity index (χ2v) is 10.7. The summed E-state index contributed by atoms with van der Waals surface area (Å²) in [6.45, 7) is -0.409. The third-order valence-corrected chi connectivity index (χ3v) is 8.40. The SMILES string of the molecule is CN1[C@@H]2CC[C@H]1CC(OC(=O)OC[C@H]1O[C@@](C#N)(c3ccc4c(N)ncnn34)[C@@H]3OC(=O)CCCC(=O)O[C@@H]31)C2. The molecule has 7 atom stereocenters. The maximum atomic E-state index is 12.7. The van der Waals surface area contributed by atoms with Crippen LogP contribution in [0, 0.1) is 11.3 Å². The molecule has 2 N–H and O–H groups in total. The lowest BCUT2D eigenvalue weighted by atomic mass is 9.92. The average molecular weight is 555 g/mol. The number of anilines is 1. The van der Waals surface area contributed by atoms with E-state index in [2.05, 4.69) is 28.1 Å². The van der Waals surface area contributed by atoms with Gasteiger partial charge < -0.3 is 34.3 Å². The van der Waals surface area contributed by atoms with Gasteiger partial charge in [0, 0.05) is 37.8 Å². The molecule has 0 radical (unpaired) electrons. The molecular weight excluding hydrogens is 524 g/mol. The molecule has 1 unspecified atom stereocenters. The molecule has 14 heteroatoms.